The predicted molar refractivity (Wildman–Crippen MR) is 76.2 cm³/mol. The molecule has 2 unspecified atom stereocenters. The topological polar surface area (TPSA) is 33.6 Å². The largest absolute Gasteiger partial charge is 0.329 e. The van der Waals surface area contributed by atoms with Crippen LogP contribution in [-0.2, 0) is 0 Å². The van der Waals surface area contributed by atoms with Crippen LogP contribution in [0.2, 0.25) is 0 Å². The first kappa shape index (κ1) is 11.9. The van der Waals surface area contributed by atoms with Gasteiger partial charge < -0.3 is 4.98 Å². The summed E-state index contributed by atoms with van der Waals surface area (Å²) in [6, 6.07) is 4.52. The summed E-state index contributed by atoms with van der Waals surface area (Å²) >= 11 is 5.47. The fourth-order valence-electron chi connectivity index (χ4n) is 3.02. The van der Waals surface area contributed by atoms with Gasteiger partial charge in [0, 0.05) is 12.2 Å². The molecule has 4 heteroatoms. The molecular formula is C14H19N3S. The van der Waals surface area contributed by atoms with Gasteiger partial charge in [0.25, 0.3) is 0 Å². The zero-order valence-corrected chi connectivity index (χ0v) is 11.5. The first-order chi connectivity index (χ1) is 8.75. The Morgan fingerprint density at radius 3 is 3.11 bits per heavy atom. The lowest BCUT2D eigenvalue weighted by molar-refractivity contribution is 0.436. The van der Waals surface area contributed by atoms with E-state index in [1.165, 1.54) is 32.1 Å². The van der Waals surface area contributed by atoms with Gasteiger partial charge >= 0.3 is 0 Å². The molecule has 0 bridgehead atoms. The predicted octanol–water partition coefficient (Wildman–Crippen LogP) is 4.24. The van der Waals surface area contributed by atoms with Crippen LogP contribution in [-0.4, -0.2) is 14.5 Å². The van der Waals surface area contributed by atoms with Gasteiger partial charge in [-0.2, -0.15) is 0 Å². The number of imidazole rings is 1. The molecule has 2 aromatic heterocycles. The summed E-state index contributed by atoms with van der Waals surface area (Å²) < 4.78 is 3.06. The summed E-state index contributed by atoms with van der Waals surface area (Å²) in [7, 11) is 0. The normalized spacial score (nSPS) is 25.2. The van der Waals surface area contributed by atoms with Crippen LogP contribution in [0.4, 0.5) is 0 Å². The molecule has 0 amide bonds. The number of hydrogen-bond donors (Lipinski definition) is 1. The smallest absolute Gasteiger partial charge is 0.179 e. The summed E-state index contributed by atoms with van der Waals surface area (Å²) in [5.74, 6) is 0.849. The maximum Gasteiger partial charge on any atom is 0.179 e. The SMILES string of the molecule is CC1CCCC(n2c(=S)[nH]c3cccnc32)CC1. The van der Waals surface area contributed by atoms with E-state index in [9.17, 15) is 0 Å². The molecule has 1 saturated carbocycles. The molecule has 1 aliphatic rings. The highest BCUT2D eigenvalue weighted by Crippen LogP contribution is 2.32. The Morgan fingerprint density at radius 2 is 2.22 bits per heavy atom. The van der Waals surface area contributed by atoms with Gasteiger partial charge in [-0.25, -0.2) is 4.98 Å². The van der Waals surface area contributed by atoms with Gasteiger partial charge in [-0.05, 0) is 49.5 Å². The van der Waals surface area contributed by atoms with Crippen molar-refractivity contribution in [2.75, 3.05) is 0 Å². The van der Waals surface area contributed by atoms with E-state index in [4.69, 9.17) is 12.2 Å². The molecule has 3 rings (SSSR count). The zero-order valence-electron chi connectivity index (χ0n) is 10.7. The van der Waals surface area contributed by atoms with Crippen LogP contribution < -0.4 is 0 Å². The average Bonchev–Trinajstić information content (AvgIpc) is 2.54. The number of aromatic nitrogens is 3. The second-order valence-corrected chi connectivity index (χ2v) is 5.83. The minimum atomic E-state index is 0.520. The first-order valence-corrected chi connectivity index (χ1v) is 7.22. The van der Waals surface area contributed by atoms with Crippen molar-refractivity contribution >= 4 is 23.4 Å². The third kappa shape index (κ3) is 2.09. The highest BCUT2D eigenvalue weighted by Gasteiger charge is 2.20. The number of fused-ring (bicyclic) bond motifs is 1. The maximum atomic E-state index is 5.47. The van der Waals surface area contributed by atoms with Gasteiger partial charge in [-0.3, -0.25) is 4.57 Å². The monoisotopic (exact) mass is 261 g/mol. The van der Waals surface area contributed by atoms with E-state index in [0.29, 0.717) is 6.04 Å². The highest BCUT2D eigenvalue weighted by atomic mass is 32.1. The minimum Gasteiger partial charge on any atom is -0.329 e. The van der Waals surface area contributed by atoms with Gasteiger partial charge in [0.15, 0.2) is 10.4 Å². The molecular weight excluding hydrogens is 242 g/mol. The molecule has 1 fully saturated rings. The zero-order chi connectivity index (χ0) is 12.5. The van der Waals surface area contributed by atoms with Crippen LogP contribution in [0.3, 0.4) is 0 Å². The third-order valence-electron chi connectivity index (χ3n) is 4.07. The van der Waals surface area contributed by atoms with E-state index in [2.05, 4.69) is 21.5 Å². The number of aromatic amines is 1. The van der Waals surface area contributed by atoms with Gasteiger partial charge in [0.05, 0.1) is 5.52 Å². The molecule has 96 valence electrons. The Kier molecular flexibility index (Phi) is 3.20. The maximum absolute atomic E-state index is 5.47. The lowest BCUT2D eigenvalue weighted by Crippen LogP contribution is -2.09. The minimum absolute atomic E-state index is 0.520. The Labute approximate surface area is 112 Å². The molecule has 0 aliphatic heterocycles. The number of H-pyrrole nitrogens is 1. The molecule has 0 radical (unpaired) electrons. The van der Waals surface area contributed by atoms with Crippen LogP contribution in [0.1, 0.15) is 45.1 Å². The van der Waals surface area contributed by atoms with Crippen molar-refractivity contribution in [3.63, 3.8) is 0 Å². The van der Waals surface area contributed by atoms with Crippen LogP contribution in [0, 0.1) is 10.7 Å². The van der Waals surface area contributed by atoms with Gasteiger partial charge in [0.1, 0.15) is 0 Å². The second-order valence-electron chi connectivity index (χ2n) is 5.44. The lowest BCUT2D eigenvalue weighted by atomic mass is 10.0. The molecule has 0 aromatic carbocycles. The Morgan fingerprint density at radius 1 is 1.33 bits per heavy atom. The van der Waals surface area contributed by atoms with Crippen LogP contribution >= 0.6 is 12.2 Å². The fourth-order valence-corrected chi connectivity index (χ4v) is 3.37. The molecule has 18 heavy (non-hydrogen) atoms. The van der Waals surface area contributed by atoms with Crippen LogP contribution in [0.5, 0.6) is 0 Å². The second kappa shape index (κ2) is 4.84. The summed E-state index contributed by atoms with van der Waals surface area (Å²) in [4.78, 5) is 7.76. The van der Waals surface area contributed by atoms with Crippen molar-refractivity contribution in [2.45, 2.75) is 45.1 Å². The van der Waals surface area contributed by atoms with E-state index in [-0.39, 0.29) is 0 Å². The van der Waals surface area contributed by atoms with E-state index in [1.807, 2.05) is 18.3 Å². The van der Waals surface area contributed by atoms with Crippen molar-refractivity contribution < 1.29 is 0 Å². The number of rotatable bonds is 1. The molecule has 1 aliphatic carbocycles. The van der Waals surface area contributed by atoms with Gasteiger partial charge in [0.2, 0.25) is 0 Å². The van der Waals surface area contributed by atoms with Gasteiger partial charge in [-0.1, -0.05) is 19.8 Å². The summed E-state index contributed by atoms with van der Waals surface area (Å²) in [5.41, 5.74) is 2.07. The van der Waals surface area contributed by atoms with Crippen molar-refractivity contribution in [1.29, 1.82) is 0 Å². The summed E-state index contributed by atoms with van der Waals surface area (Å²) in [6.45, 7) is 2.36. The number of nitrogens with zero attached hydrogens (tertiary/aromatic N) is 2. The van der Waals surface area contributed by atoms with E-state index in [0.717, 1.165) is 21.9 Å². The Bertz CT molecular complexity index is 598. The van der Waals surface area contributed by atoms with E-state index in [1.54, 1.807) is 0 Å². The number of pyridine rings is 1. The van der Waals surface area contributed by atoms with E-state index < -0.39 is 0 Å². The fraction of sp³-hybridized carbons (Fsp3) is 0.571. The molecule has 0 saturated heterocycles. The van der Waals surface area contributed by atoms with Crippen LogP contribution in [0.25, 0.3) is 11.2 Å². The molecule has 3 nitrogen and oxygen atoms in total. The molecule has 1 N–H and O–H groups in total. The average molecular weight is 261 g/mol. The number of nitrogens with one attached hydrogen (secondary N) is 1. The van der Waals surface area contributed by atoms with Gasteiger partial charge in [-0.15, -0.1) is 0 Å². The molecule has 2 atom stereocenters. The molecule has 2 aromatic rings. The number of hydrogen-bond acceptors (Lipinski definition) is 2. The summed E-state index contributed by atoms with van der Waals surface area (Å²) in [5, 5.41) is 0. The van der Waals surface area contributed by atoms with Crippen molar-refractivity contribution in [1.82, 2.24) is 14.5 Å². The third-order valence-corrected chi connectivity index (χ3v) is 4.37. The highest BCUT2D eigenvalue weighted by molar-refractivity contribution is 7.71. The first-order valence-electron chi connectivity index (χ1n) is 6.81. The van der Waals surface area contributed by atoms with Crippen molar-refractivity contribution in [3.8, 4) is 0 Å². The van der Waals surface area contributed by atoms with Crippen LogP contribution in [0.15, 0.2) is 18.3 Å². The quantitative estimate of drug-likeness (QED) is 0.615. The standard InChI is InChI=1S/C14H19N3S/c1-10-4-2-5-11(8-7-10)17-13-12(16-14(17)18)6-3-9-15-13/h3,6,9-11H,2,4-5,7-8H2,1H3,(H,16,18). The molecule has 0 spiro atoms. The Balaban J connectivity index is 2.03. The van der Waals surface area contributed by atoms with Crippen molar-refractivity contribution in [2.24, 2.45) is 5.92 Å². The van der Waals surface area contributed by atoms with E-state index >= 15 is 0 Å². The summed E-state index contributed by atoms with van der Waals surface area (Å²) in [6.07, 6.45) is 8.24. The van der Waals surface area contributed by atoms with Crippen molar-refractivity contribution in [3.05, 3.63) is 23.1 Å². The Hall–Kier alpha value is -1.16. The molecule has 2 heterocycles. The lowest BCUT2D eigenvalue weighted by Gasteiger charge is -2.16.